The van der Waals surface area contributed by atoms with Gasteiger partial charge in [-0.25, -0.2) is 13.6 Å². The van der Waals surface area contributed by atoms with Crippen LogP contribution >= 0.6 is 0 Å². The Kier molecular flexibility index (Phi) is 5.47. The first kappa shape index (κ1) is 17.4. The van der Waals surface area contributed by atoms with Crippen molar-refractivity contribution in [2.45, 2.75) is 0 Å². The van der Waals surface area contributed by atoms with E-state index in [9.17, 15) is 18.4 Å². The van der Waals surface area contributed by atoms with Crippen molar-refractivity contribution in [2.24, 2.45) is 0 Å². The van der Waals surface area contributed by atoms with Gasteiger partial charge in [-0.2, -0.15) is 0 Å². The molecule has 0 aliphatic carbocycles. The highest BCUT2D eigenvalue weighted by Crippen LogP contribution is 2.15. The number of esters is 1. The zero-order valence-electron chi connectivity index (χ0n) is 13.2. The van der Waals surface area contributed by atoms with Crippen molar-refractivity contribution < 1.29 is 23.1 Å². The van der Waals surface area contributed by atoms with Crippen LogP contribution in [-0.4, -0.2) is 32.6 Å². The molecule has 0 bridgehead atoms. The van der Waals surface area contributed by atoms with E-state index in [1.165, 1.54) is 0 Å². The Morgan fingerprint density at radius 3 is 2.33 bits per heavy atom. The second kappa shape index (κ2) is 7.54. The summed E-state index contributed by atoms with van der Waals surface area (Å²) in [7, 11) is 3.73. The molecule has 0 aliphatic rings. The van der Waals surface area contributed by atoms with Crippen molar-refractivity contribution in [3.05, 3.63) is 59.7 Å². The Hall–Kier alpha value is -2.96. The predicted octanol–water partition coefficient (Wildman–Crippen LogP) is 2.83. The highest BCUT2D eigenvalue weighted by atomic mass is 19.1. The maximum atomic E-state index is 13.4. The van der Waals surface area contributed by atoms with E-state index in [4.69, 9.17) is 4.74 Å². The molecule has 2 aromatic carbocycles. The highest BCUT2D eigenvalue weighted by molar-refractivity contribution is 5.95. The topological polar surface area (TPSA) is 58.6 Å². The van der Waals surface area contributed by atoms with Crippen molar-refractivity contribution in [3.63, 3.8) is 0 Å². The average Bonchev–Trinajstić information content (AvgIpc) is 2.55. The number of anilines is 2. The van der Waals surface area contributed by atoms with Crippen LogP contribution < -0.4 is 10.2 Å². The molecule has 1 N–H and O–H groups in total. The minimum Gasteiger partial charge on any atom is -0.452 e. The third-order valence-electron chi connectivity index (χ3n) is 3.16. The molecular weight excluding hydrogens is 318 g/mol. The van der Waals surface area contributed by atoms with Gasteiger partial charge in [-0.05, 0) is 36.4 Å². The number of nitrogens with zero attached hydrogens (tertiary/aromatic N) is 1. The molecule has 0 heterocycles. The predicted molar refractivity (Wildman–Crippen MR) is 86.0 cm³/mol. The van der Waals surface area contributed by atoms with E-state index in [0.29, 0.717) is 11.6 Å². The van der Waals surface area contributed by atoms with Crippen LogP contribution in [0.25, 0.3) is 0 Å². The zero-order chi connectivity index (χ0) is 17.7. The molecule has 0 atom stereocenters. The number of ether oxygens (including phenoxy) is 1. The van der Waals surface area contributed by atoms with E-state index >= 15 is 0 Å². The van der Waals surface area contributed by atoms with Crippen molar-refractivity contribution in [3.8, 4) is 0 Å². The molecular formula is C17H16F2N2O3. The summed E-state index contributed by atoms with van der Waals surface area (Å²) in [6.45, 7) is -0.578. The lowest BCUT2D eigenvalue weighted by atomic mass is 10.2. The molecule has 0 radical (unpaired) electrons. The first-order valence-electron chi connectivity index (χ1n) is 7.06. The largest absolute Gasteiger partial charge is 0.452 e. The van der Waals surface area contributed by atoms with Crippen LogP contribution in [0, 0.1) is 11.6 Å². The van der Waals surface area contributed by atoms with Crippen molar-refractivity contribution >= 4 is 23.3 Å². The monoisotopic (exact) mass is 334 g/mol. The minimum atomic E-state index is -0.908. The van der Waals surface area contributed by atoms with E-state index in [0.717, 1.165) is 17.8 Å². The fraction of sp³-hybridized carbons (Fsp3) is 0.176. The fourth-order valence-electron chi connectivity index (χ4n) is 1.89. The van der Waals surface area contributed by atoms with Gasteiger partial charge in [0.25, 0.3) is 5.91 Å². The van der Waals surface area contributed by atoms with Crippen molar-refractivity contribution in [1.82, 2.24) is 0 Å². The quantitative estimate of drug-likeness (QED) is 0.854. The molecule has 0 spiro atoms. The van der Waals surface area contributed by atoms with Gasteiger partial charge in [0, 0.05) is 25.8 Å². The maximum Gasteiger partial charge on any atom is 0.338 e. The summed E-state index contributed by atoms with van der Waals surface area (Å²) < 4.78 is 31.1. The molecule has 2 aromatic rings. The molecule has 7 heteroatoms. The highest BCUT2D eigenvalue weighted by Gasteiger charge is 2.12. The van der Waals surface area contributed by atoms with E-state index < -0.39 is 30.1 Å². The molecule has 2 rings (SSSR count). The standard InChI is InChI=1S/C17H16F2N2O3/c1-21(2)13-6-3-11(4-7-13)17(23)24-10-16(22)20-15-8-5-12(18)9-14(15)19/h3-9H,10H2,1-2H3,(H,20,22). The molecule has 1 amide bonds. The average molecular weight is 334 g/mol. The van der Waals surface area contributed by atoms with Crippen LogP contribution in [0.5, 0.6) is 0 Å². The summed E-state index contributed by atoms with van der Waals surface area (Å²) in [4.78, 5) is 25.4. The van der Waals surface area contributed by atoms with Gasteiger partial charge < -0.3 is 15.0 Å². The Morgan fingerprint density at radius 2 is 1.75 bits per heavy atom. The van der Waals surface area contributed by atoms with Crippen LogP contribution in [0.15, 0.2) is 42.5 Å². The van der Waals surface area contributed by atoms with Gasteiger partial charge in [0.05, 0.1) is 11.3 Å². The summed E-state index contributed by atoms with van der Waals surface area (Å²) >= 11 is 0. The lowest BCUT2D eigenvalue weighted by Gasteiger charge is -2.12. The van der Waals surface area contributed by atoms with Gasteiger partial charge in [-0.1, -0.05) is 0 Å². The third-order valence-corrected chi connectivity index (χ3v) is 3.16. The molecule has 0 saturated heterocycles. The number of halogens is 2. The number of rotatable bonds is 5. The lowest BCUT2D eigenvalue weighted by Crippen LogP contribution is -2.21. The molecule has 0 aliphatic heterocycles. The molecule has 0 fully saturated rings. The number of benzene rings is 2. The van der Waals surface area contributed by atoms with Gasteiger partial charge in [0.15, 0.2) is 6.61 Å². The summed E-state index contributed by atoms with van der Waals surface area (Å²) in [5.74, 6) is -3.05. The Bertz CT molecular complexity index is 746. The second-order valence-electron chi connectivity index (χ2n) is 5.19. The first-order valence-corrected chi connectivity index (χ1v) is 7.06. The summed E-state index contributed by atoms with van der Waals surface area (Å²) in [6.07, 6.45) is 0. The fourth-order valence-corrected chi connectivity index (χ4v) is 1.89. The Morgan fingerprint density at radius 1 is 1.08 bits per heavy atom. The minimum absolute atomic E-state index is 0.187. The summed E-state index contributed by atoms with van der Waals surface area (Å²) in [5.41, 5.74) is 1.02. The number of nitrogens with one attached hydrogen (secondary N) is 1. The van der Waals surface area contributed by atoms with Crippen LogP contribution in [0.3, 0.4) is 0 Å². The lowest BCUT2D eigenvalue weighted by molar-refractivity contribution is -0.119. The first-order chi connectivity index (χ1) is 11.4. The smallest absolute Gasteiger partial charge is 0.338 e. The summed E-state index contributed by atoms with van der Waals surface area (Å²) in [5, 5.41) is 2.20. The molecule has 5 nitrogen and oxygen atoms in total. The van der Waals surface area contributed by atoms with Gasteiger partial charge >= 0.3 is 5.97 Å². The van der Waals surface area contributed by atoms with Crippen LogP contribution in [-0.2, 0) is 9.53 Å². The van der Waals surface area contributed by atoms with Crippen LogP contribution in [0.2, 0.25) is 0 Å². The van der Waals surface area contributed by atoms with Gasteiger partial charge in [-0.3, -0.25) is 4.79 Å². The maximum absolute atomic E-state index is 13.4. The van der Waals surface area contributed by atoms with E-state index in [1.54, 1.807) is 24.3 Å². The second-order valence-corrected chi connectivity index (χ2v) is 5.19. The Balaban J connectivity index is 1.90. The van der Waals surface area contributed by atoms with Crippen molar-refractivity contribution in [1.29, 1.82) is 0 Å². The van der Waals surface area contributed by atoms with E-state index in [1.807, 2.05) is 19.0 Å². The van der Waals surface area contributed by atoms with Crippen LogP contribution in [0.4, 0.5) is 20.2 Å². The number of carbonyl (C=O) groups excluding carboxylic acids is 2. The molecule has 0 saturated carbocycles. The zero-order valence-corrected chi connectivity index (χ0v) is 13.2. The normalized spacial score (nSPS) is 10.2. The molecule has 24 heavy (non-hydrogen) atoms. The number of hydrogen-bond acceptors (Lipinski definition) is 4. The van der Waals surface area contributed by atoms with Gasteiger partial charge in [0.2, 0.25) is 0 Å². The number of carbonyl (C=O) groups is 2. The van der Waals surface area contributed by atoms with Crippen LogP contribution in [0.1, 0.15) is 10.4 Å². The number of hydrogen-bond donors (Lipinski definition) is 1. The Labute approximate surface area is 137 Å². The van der Waals surface area contributed by atoms with Gasteiger partial charge in [-0.15, -0.1) is 0 Å². The number of amides is 1. The molecule has 126 valence electrons. The van der Waals surface area contributed by atoms with E-state index in [-0.39, 0.29) is 5.69 Å². The van der Waals surface area contributed by atoms with E-state index in [2.05, 4.69) is 5.32 Å². The molecule has 0 unspecified atom stereocenters. The third kappa shape index (κ3) is 4.52. The SMILES string of the molecule is CN(C)c1ccc(C(=O)OCC(=O)Nc2ccc(F)cc2F)cc1. The van der Waals surface area contributed by atoms with Crippen molar-refractivity contribution in [2.75, 3.05) is 30.9 Å². The summed E-state index contributed by atoms with van der Waals surface area (Å²) in [6, 6.07) is 9.38. The van der Waals surface area contributed by atoms with Gasteiger partial charge in [0.1, 0.15) is 11.6 Å². The molecule has 0 aromatic heterocycles.